The standard InChI is InChI=1S/C34H39F3N8O2S/c1-19-15-46-11-10-45(19)16-33(8-9-33)18-47-32-41-28-22(31(42-32)44(4)17-34(43(2)3)6-5-7-34)14-40-27(26(28)37)20-12-23(35)25(36)29-24(20)21(13-38)30(39)48-29/h12,14,19H,5-11,15-18,39H2,1-4H3/t19-/m0/s1. The fourth-order valence-electron chi connectivity index (χ4n) is 7.11. The van der Waals surface area contributed by atoms with Crippen molar-refractivity contribution in [3.63, 3.8) is 0 Å². The van der Waals surface area contributed by atoms with Crippen LogP contribution in [0, 0.1) is 34.2 Å². The molecule has 14 heteroatoms. The van der Waals surface area contributed by atoms with Crippen LogP contribution in [0.5, 0.6) is 6.01 Å². The van der Waals surface area contributed by atoms with Gasteiger partial charge in [-0.05, 0) is 59.2 Å². The van der Waals surface area contributed by atoms with Crippen molar-refractivity contribution in [2.75, 3.05) is 71.2 Å². The quantitative estimate of drug-likeness (QED) is 0.228. The summed E-state index contributed by atoms with van der Waals surface area (Å²) in [5, 5.41) is 10.2. The van der Waals surface area contributed by atoms with E-state index in [1.54, 1.807) is 0 Å². The van der Waals surface area contributed by atoms with Gasteiger partial charge >= 0.3 is 6.01 Å². The summed E-state index contributed by atoms with van der Waals surface area (Å²) in [4.78, 5) is 20.4. The molecule has 4 aromatic rings. The highest BCUT2D eigenvalue weighted by atomic mass is 32.1. The maximum Gasteiger partial charge on any atom is 0.319 e. The Bertz CT molecular complexity index is 1940. The Morgan fingerprint density at radius 3 is 2.58 bits per heavy atom. The fraction of sp³-hybridized carbons (Fsp3) is 0.529. The molecular formula is C34H39F3N8O2S. The molecule has 2 aliphatic carbocycles. The van der Waals surface area contributed by atoms with E-state index in [4.69, 9.17) is 20.2 Å². The third kappa shape index (κ3) is 5.60. The van der Waals surface area contributed by atoms with Crippen LogP contribution in [0.1, 0.15) is 44.6 Å². The third-order valence-electron chi connectivity index (χ3n) is 10.5. The van der Waals surface area contributed by atoms with Crippen LogP contribution in [0.25, 0.3) is 32.2 Å². The minimum atomic E-state index is -1.20. The van der Waals surface area contributed by atoms with Gasteiger partial charge in [-0.3, -0.25) is 9.88 Å². The summed E-state index contributed by atoms with van der Waals surface area (Å²) in [6.07, 6.45) is 6.61. The van der Waals surface area contributed by atoms with Crippen LogP contribution in [0.2, 0.25) is 0 Å². The predicted molar refractivity (Wildman–Crippen MR) is 180 cm³/mol. The number of thiophene rings is 1. The highest BCUT2D eigenvalue weighted by Crippen LogP contribution is 2.47. The van der Waals surface area contributed by atoms with E-state index in [9.17, 15) is 14.0 Å². The van der Waals surface area contributed by atoms with Crippen molar-refractivity contribution in [2.24, 2.45) is 5.41 Å². The molecule has 7 rings (SSSR count). The molecule has 0 spiro atoms. The molecule has 3 aromatic heterocycles. The number of hydrogen-bond acceptors (Lipinski definition) is 11. The van der Waals surface area contributed by atoms with Crippen LogP contribution in [-0.2, 0) is 4.74 Å². The Balaban J connectivity index is 1.31. The van der Waals surface area contributed by atoms with Crippen molar-refractivity contribution in [3.8, 4) is 23.3 Å². The molecule has 0 amide bonds. The number of nitrogen functional groups attached to an aromatic ring is 1. The number of aromatic nitrogens is 3. The second-order valence-electron chi connectivity index (χ2n) is 13.9. The lowest BCUT2D eigenvalue weighted by atomic mass is 9.75. The molecule has 1 aliphatic heterocycles. The molecule has 48 heavy (non-hydrogen) atoms. The first-order valence-electron chi connectivity index (χ1n) is 16.3. The van der Waals surface area contributed by atoms with Gasteiger partial charge in [0.1, 0.15) is 28.1 Å². The molecule has 0 bridgehead atoms. The fourth-order valence-corrected chi connectivity index (χ4v) is 8.08. The number of hydrogen-bond donors (Lipinski definition) is 1. The minimum Gasteiger partial charge on any atom is -0.463 e. The van der Waals surface area contributed by atoms with Crippen molar-refractivity contribution in [3.05, 3.63) is 35.3 Å². The van der Waals surface area contributed by atoms with E-state index < -0.39 is 17.5 Å². The van der Waals surface area contributed by atoms with Gasteiger partial charge in [-0.25, -0.2) is 13.2 Å². The number of pyridine rings is 1. The Morgan fingerprint density at radius 2 is 1.94 bits per heavy atom. The van der Waals surface area contributed by atoms with E-state index in [2.05, 4.69) is 40.8 Å². The molecule has 2 saturated carbocycles. The lowest BCUT2D eigenvalue weighted by molar-refractivity contribution is -0.0134. The van der Waals surface area contributed by atoms with Crippen LogP contribution in [-0.4, -0.2) is 96.9 Å². The van der Waals surface area contributed by atoms with Crippen LogP contribution in [0.15, 0.2) is 12.3 Å². The largest absolute Gasteiger partial charge is 0.463 e. The van der Waals surface area contributed by atoms with Crippen molar-refractivity contribution < 1.29 is 22.6 Å². The van der Waals surface area contributed by atoms with E-state index in [0.29, 0.717) is 43.6 Å². The summed E-state index contributed by atoms with van der Waals surface area (Å²) in [6, 6.07) is 3.15. The molecule has 0 radical (unpaired) electrons. The lowest BCUT2D eigenvalue weighted by Crippen LogP contribution is -2.56. The average Bonchev–Trinajstić information content (AvgIpc) is 3.73. The van der Waals surface area contributed by atoms with E-state index in [1.807, 2.05) is 18.0 Å². The van der Waals surface area contributed by atoms with Gasteiger partial charge in [-0.1, -0.05) is 0 Å². The van der Waals surface area contributed by atoms with Crippen LogP contribution < -0.4 is 15.4 Å². The molecule has 1 atom stereocenters. The second-order valence-corrected chi connectivity index (χ2v) is 15.0. The molecule has 1 saturated heterocycles. The van der Waals surface area contributed by atoms with Crippen molar-refractivity contribution in [2.45, 2.75) is 50.6 Å². The molecule has 10 nitrogen and oxygen atoms in total. The normalized spacial score (nSPS) is 20.2. The van der Waals surface area contributed by atoms with Crippen molar-refractivity contribution in [1.29, 1.82) is 5.26 Å². The zero-order valence-corrected chi connectivity index (χ0v) is 28.4. The zero-order chi connectivity index (χ0) is 34.0. The van der Waals surface area contributed by atoms with Gasteiger partial charge in [-0.15, -0.1) is 11.3 Å². The first kappa shape index (κ1) is 32.8. The Kier molecular flexibility index (Phi) is 8.38. The predicted octanol–water partition coefficient (Wildman–Crippen LogP) is 5.58. The van der Waals surface area contributed by atoms with Crippen molar-refractivity contribution >= 4 is 43.1 Å². The highest BCUT2D eigenvalue weighted by molar-refractivity contribution is 7.23. The zero-order valence-electron chi connectivity index (χ0n) is 27.6. The number of halogens is 3. The SMILES string of the molecule is C[C@H]1COCCN1CC1(COc2nc(N(C)CC3(N(C)C)CCC3)c3cnc(-c4cc(F)c(F)c5sc(N)c(C#N)c45)c(F)c3n2)CC1. The molecule has 254 valence electrons. The van der Waals surface area contributed by atoms with Crippen molar-refractivity contribution in [1.82, 2.24) is 24.8 Å². The average molecular weight is 681 g/mol. The second kappa shape index (κ2) is 12.3. The molecular weight excluding hydrogens is 641 g/mol. The number of likely N-dealkylation sites (N-methyl/N-ethyl adjacent to an activating group) is 2. The van der Waals surface area contributed by atoms with Crippen LogP contribution >= 0.6 is 11.3 Å². The number of rotatable bonds is 10. The molecule has 4 heterocycles. The highest BCUT2D eigenvalue weighted by Gasteiger charge is 2.46. The summed E-state index contributed by atoms with van der Waals surface area (Å²) in [5.41, 5.74) is 5.40. The maximum absolute atomic E-state index is 16.8. The number of anilines is 2. The number of morpholine rings is 1. The Morgan fingerprint density at radius 1 is 1.17 bits per heavy atom. The third-order valence-corrected chi connectivity index (χ3v) is 11.5. The number of nitriles is 1. The summed E-state index contributed by atoms with van der Waals surface area (Å²) < 4.78 is 58.3. The number of fused-ring (bicyclic) bond motifs is 2. The molecule has 3 aliphatic rings. The molecule has 2 N–H and O–H groups in total. The lowest BCUT2D eigenvalue weighted by Gasteiger charge is -2.49. The summed E-state index contributed by atoms with van der Waals surface area (Å²) in [5.74, 6) is -2.75. The molecule has 1 aromatic carbocycles. The monoisotopic (exact) mass is 680 g/mol. The smallest absolute Gasteiger partial charge is 0.319 e. The topological polar surface area (TPSA) is 117 Å². The van der Waals surface area contributed by atoms with Crippen LogP contribution in [0.3, 0.4) is 0 Å². The van der Waals surface area contributed by atoms with Gasteiger partial charge in [0.2, 0.25) is 0 Å². The Hall–Kier alpha value is -3.77. The molecule has 0 unspecified atom stereocenters. The Labute approximate surface area is 281 Å². The van der Waals surface area contributed by atoms with Gasteiger partial charge in [0, 0.05) is 60.8 Å². The first-order chi connectivity index (χ1) is 23.0. The van der Waals surface area contributed by atoms with Gasteiger partial charge in [0.15, 0.2) is 17.5 Å². The summed E-state index contributed by atoms with van der Waals surface area (Å²) in [7, 11) is 6.04. The van der Waals surface area contributed by atoms with E-state index in [-0.39, 0.29) is 54.4 Å². The van der Waals surface area contributed by atoms with E-state index >= 15 is 4.39 Å². The molecule has 3 fully saturated rings. The summed E-state index contributed by atoms with van der Waals surface area (Å²) >= 11 is 0.737. The number of ether oxygens (including phenoxy) is 2. The van der Waals surface area contributed by atoms with E-state index in [1.165, 1.54) is 6.20 Å². The van der Waals surface area contributed by atoms with Gasteiger partial charge in [0.25, 0.3) is 0 Å². The van der Waals surface area contributed by atoms with Crippen LogP contribution in [0.4, 0.5) is 24.0 Å². The number of benzene rings is 1. The van der Waals surface area contributed by atoms with Gasteiger partial charge in [0.05, 0.1) is 35.5 Å². The number of nitrogens with two attached hydrogens (primary N) is 1. The summed E-state index contributed by atoms with van der Waals surface area (Å²) in [6.45, 7) is 6.29. The van der Waals surface area contributed by atoms with Gasteiger partial charge < -0.3 is 25.0 Å². The number of nitrogens with zero attached hydrogens (tertiary/aromatic N) is 7. The van der Waals surface area contributed by atoms with Gasteiger partial charge in [-0.2, -0.15) is 15.2 Å². The first-order valence-corrected chi connectivity index (χ1v) is 17.1. The van der Waals surface area contributed by atoms with E-state index in [0.717, 1.165) is 62.6 Å². The maximum atomic E-state index is 16.8. The minimum absolute atomic E-state index is 0.00710.